The smallest absolute Gasteiger partial charge is 0.131 e. The summed E-state index contributed by atoms with van der Waals surface area (Å²) in [4.78, 5) is 4.77. The van der Waals surface area contributed by atoms with Gasteiger partial charge in [0.1, 0.15) is 5.82 Å². The summed E-state index contributed by atoms with van der Waals surface area (Å²) in [6.07, 6.45) is 5.97. The van der Waals surface area contributed by atoms with Crippen molar-refractivity contribution in [3.05, 3.63) is 40.9 Å². The Morgan fingerprint density at radius 1 is 1.35 bits per heavy atom. The van der Waals surface area contributed by atoms with Crippen LogP contribution >= 0.6 is 15.9 Å². The lowest BCUT2D eigenvalue weighted by molar-refractivity contribution is 0.608. The van der Waals surface area contributed by atoms with Crippen molar-refractivity contribution in [1.82, 2.24) is 19.3 Å². The van der Waals surface area contributed by atoms with E-state index in [1.54, 1.807) is 6.20 Å². The molecule has 2 heterocycles. The van der Waals surface area contributed by atoms with Crippen LogP contribution in [0.1, 0.15) is 24.7 Å². The van der Waals surface area contributed by atoms with Crippen LogP contribution in [0.15, 0.2) is 35.1 Å². The van der Waals surface area contributed by atoms with E-state index >= 15 is 0 Å². The van der Waals surface area contributed by atoms with Crippen molar-refractivity contribution in [1.29, 1.82) is 0 Å². The van der Waals surface area contributed by atoms with Crippen LogP contribution in [0.25, 0.3) is 11.0 Å². The van der Waals surface area contributed by atoms with E-state index in [4.69, 9.17) is 10.7 Å². The Kier molecular flexibility index (Phi) is 2.60. The molecule has 0 spiro atoms. The van der Waals surface area contributed by atoms with Gasteiger partial charge < -0.3 is 10.3 Å². The normalized spacial score (nSPS) is 15.1. The number of benzene rings is 1. The minimum Gasteiger partial charge on any atom is -0.396 e. The Balaban J connectivity index is 1.83. The standard InChI is InChI=1S/C14H14BrN5/c15-9-1-4-13-12(5-9)18-14(20(13)11-2-3-11)8-19-7-10(16)6-17-19/h1,4-7,11H,2-3,8,16H2. The highest BCUT2D eigenvalue weighted by Crippen LogP contribution is 2.39. The molecule has 20 heavy (non-hydrogen) atoms. The molecular formula is C14H14BrN5. The number of aromatic nitrogens is 4. The van der Waals surface area contributed by atoms with Crippen molar-refractivity contribution in [3.8, 4) is 0 Å². The highest BCUT2D eigenvalue weighted by atomic mass is 79.9. The fraction of sp³-hybridized carbons (Fsp3) is 0.286. The van der Waals surface area contributed by atoms with Gasteiger partial charge in [-0.3, -0.25) is 4.68 Å². The van der Waals surface area contributed by atoms with Crippen molar-refractivity contribution < 1.29 is 0 Å². The molecule has 1 fully saturated rings. The highest BCUT2D eigenvalue weighted by molar-refractivity contribution is 9.10. The Bertz CT molecular complexity index is 784. The molecule has 1 aliphatic rings. The molecule has 0 saturated heterocycles. The zero-order valence-corrected chi connectivity index (χ0v) is 12.4. The van der Waals surface area contributed by atoms with Crippen LogP contribution < -0.4 is 5.73 Å². The molecule has 3 aromatic rings. The number of nitrogen functional groups attached to an aromatic ring is 1. The van der Waals surface area contributed by atoms with Gasteiger partial charge >= 0.3 is 0 Å². The number of hydrogen-bond donors (Lipinski definition) is 1. The Labute approximate surface area is 124 Å². The van der Waals surface area contributed by atoms with Gasteiger partial charge in [0.05, 0.1) is 29.5 Å². The van der Waals surface area contributed by atoms with Gasteiger partial charge in [-0.25, -0.2) is 4.98 Å². The van der Waals surface area contributed by atoms with Gasteiger partial charge in [-0.15, -0.1) is 0 Å². The van der Waals surface area contributed by atoms with E-state index in [0.29, 0.717) is 18.3 Å². The first-order valence-electron chi connectivity index (χ1n) is 6.65. The van der Waals surface area contributed by atoms with E-state index in [1.807, 2.05) is 10.9 Å². The summed E-state index contributed by atoms with van der Waals surface area (Å²) in [5.41, 5.74) is 8.63. The Hall–Kier alpha value is -1.82. The molecule has 6 heteroatoms. The van der Waals surface area contributed by atoms with Crippen LogP contribution in [0.4, 0.5) is 5.69 Å². The molecule has 1 aromatic carbocycles. The van der Waals surface area contributed by atoms with Crippen LogP contribution in [0.3, 0.4) is 0 Å². The number of nitrogens with zero attached hydrogens (tertiary/aromatic N) is 4. The van der Waals surface area contributed by atoms with Crippen molar-refractivity contribution in [3.63, 3.8) is 0 Å². The maximum Gasteiger partial charge on any atom is 0.131 e. The lowest BCUT2D eigenvalue weighted by atomic mass is 10.3. The monoisotopic (exact) mass is 331 g/mol. The molecule has 0 atom stereocenters. The molecule has 2 N–H and O–H groups in total. The molecule has 1 saturated carbocycles. The van der Waals surface area contributed by atoms with E-state index in [9.17, 15) is 0 Å². The van der Waals surface area contributed by atoms with Crippen LogP contribution in [-0.4, -0.2) is 19.3 Å². The number of anilines is 1. The first-order chi connectivity index (χ1) is 9.70. The molecular weight excluding hydrogens is 318 g/mol. The van der Waals surface area contributed by atoms with Gasteiger partial charge in [0.15, 0.2) is 0 Å². The second-order valence-corrected chi connectivity index (χ2v) is 6.15. The average molecular weight is 332 g/mol. The number of halogens is 1. The minimum absolute atomic E-state index is 0.587. The minimum atomic E-state index is 0.587. The van der Waals surface area contributed by atoms with Crippen LogP contribution in [-0.2, 0) is 6.54 Å². The quantitative estimate of drug-likeness (QED) is 0.802. The summed E-state index contributed by atoms with van der Waals surface area (Å²) in [6, 6.07) is 6.85. The molecule has 0 aliphatic heterocycles. The third-order valence-corrected chi connectivity index (χ3v) is 4.09. The topological polar surface area (TPSA) is 61.7 Å². The average Bonchev–Trinajstić information content (AvgIpc) is 3.07. The molecule has 2 aromatic heterocycles. The zero-order valence-electron chi connectivity index (χ0n) is 10.8. The predicted octanol–water partition coefficient (Wildman–Crippen LogP) is 2.96. The molecule has 0 unspecified atom stereocenters. The zero-order chi connectivity index (χ0) is 13.7. The summed E-state index contributed by atoms with van der Waals surface area (Å²) in [7, 11) is 0. The molecule has 0 bridgehead atoms. The Morgan fingerprint density at radius 2 is 2.20 bits per heavy atom. The van der Waals surface area contributed by atoms with Gasteiger partial charge in [-0.1, -0.05) is 15.9 Å². The number of hydrogen-bond acceptors (Lipinski definition) is 3. The van der Waals surface area contributed by atoms with Gasteiger partial charge in [-0.05, 0) is 31.0 Å². The first-order valence-corrected chi connectivity index (χ1v) is 7.44. The summed E-state index contributed by atoms with van der Waals surface area (Å²) in [5, 5.41) is 4.25. The third-order valence-electron chi connectivity index (χ3n) is 3.59. The van der Waals surface area contributed by atoms with E-state index in [-0.39, 0.29) is 0 Å². The predicted molar refractivity (Wildman–Crippen MR) is 81.4 cm³/mol. The Morgan fingerprint density at radius 3 is 2.90 bits per heavy atom. The van der Waals surface area contributed by atoms with Crippen molar-refractivity contribution in [2.45, 2.75) is 25.4 Å². The van der Waals surface area contributed by atoms with Gasteiger partial charge in [0.25, 0.3) is 0 Å². The fourth-order valence-electron chi connectivity index (χ4n) is 2.58. The summed E-state index contributed by atoms with van der Waals surface area (Å²) in [5.74, 6) is 1.05. The van der Waals surface area contributed by atoms with Crippen molar-refractivity contribution in [2.24, 2.45) is 0 Å². The summed E-state index contributed by atoms with van der Waals surface area (Å²) >= 11 is 3.51. The second-order valence-electron chi connectivity index (χ2n) is 5.23. The maximum absolute atomic E-state index is 5.72. The third kappa shape index (κ3) is 2.00. The van der Waals surface area contributed by atoms with Gasteiger partial charge in [0, 0.05) is 16.7 Å². The van der Waals surface area contributed by atoms with E-state index in [0.717, 1.165) is 15.8 Å². The molecule has 102 valence electrons. The summed E-state index contributed by atoms with van der Waals surface area (Å²) < 4.78 is 5.24. The molecule has 5 nitrogen and oxygen atoms in total. The number of nitrogens with two attached hydrogens (primary N) is 1. The molecule has 4 rings (SSSR count). The van der Waals surface area contributed by atoms with Crippen LogP contribution in [0.5, 0.6) is 0 Å². The fourth-order valence-corrected chi connectivity index (χ4v) is 2.93. The lowest BCUT2D eigenvalue weighted by Gasteiger charge is -2.07. The number of fused-ring (bicyclic) bond motifs is 1. The number of rotatable bonds is 3. The van der Waals surface area contributed by atoms with Gasteiger partial charge in [-0.2, -0.15) is 5.10 Å². The largest absolute Gasteiger partial charge is 0.396 e. The second kappa shape index (κ2) is 4.34. The van der Waals surface area contributed by atoms with Crippen LogP contribution in [0, 0.1) is 0 Å². The molecule has 0 radical (unpaired) electrons. The SMILES string of the molecule is Nc1cnn(Cc2nc3cc(Br)ccc3n2C2CC2)c1. The van der Waals surface area contributed by atoms with E-state index in [2.05, 4.69) is 43.8 Å². The van der Waals surface area contributed by atoms with E-state index < -0.39 is 0 Å². The van der Waals surface area contributed by atoms with E-state index in [1.165, 1.54) is 18.4 Å². The first kappa shape index (κ1) is 12.0. The van der Waals surface area contributed by atoms with Crippen molar-refractivity contribution >= 4 is 32.7 Å². The van der Waals surface area contributed by atoms with Gasteiger partial charge in [0.2, 0.25) is 0 Å². The molecule has 0 amide bonds. The number of imidazole rings is 1. The summed E-state index contributed by atoms with van der Waals surface area (Å²) in [6.45, 7) is 0.653. The lowest BCUT2D eigenvalue weighted by Crippen LogP contribution is -2.08. The van der Waals surface area contributed by atoms with Crippen molar-refractivity contribution in [2.75, 3.05) is 5.73 Å². The molecule has 1 aliphatic carbocycles. The maximum atomic E-state index is 5.72. The highest BCUT2D eigenvalue weighted by Gasteiger charge is 2.28. The van der Waals surface area contributed by atoms with Crippen LogP contribution in [0.2, 0.25) is 0 Å².